The van der Waals surface area contributed by atoms with E-state index in [-0.39, 0.29) is 29.1 Å². The quantitative estimate of drug-likeness (QED) is 0.506. The standard InChI is InChI=1S/C21H18F3N7O2/c1-20(5-6-20)19-28-27-17(33-19)18(32)30-8-4-12-15(26-10-25-12)16(30)13-9-14-11(21(22,23)24)3-2-7-31(14)29-13/h2-3,7,9-10,16H,4-6,8H2,1H3,(H,25,26)/t16-/m1/s1. The van der Waals surface area contributed by atoms with Crippen LogP contribution >= 0.6 is 0 Å². The second-order valence-electron chi connectivity index (χ2n) is 8.71. The molecule has 1 amide bonds. The summed E-state index contributed by atoms with van der Waals surface area (Å²) in [5.74, 6) is -0.242. The van der Waals surface area contributed by atoms with E-state index >= 15 is 0 Å². The zero-order valence-electron chi connectivity index (χ0n) is 17.4. The Bertz CT molecular complexity index is 1380. The predicted octanol–water partition coefficient (Wildman–Crippen LogP) is 3.30. The lowest BCUT2D eigenvalue weighted by Gasteiger charge is -2.32. The van der Waals surface area contributed by atoms with Gasteiger partial charge in [-0.05, 0) is 31.0 Å². The first kappa shape index (κ1) is 19.9. The van der Waals surface area contributed by atoms with Crippen molar-refractivity contribution in [1.29, 1.82) is 0 Å². The Kier molecular flexibility index (Phi) is 4.02. The van der Waals surface area contributed by atoms with Crippen molar-refractivity contribution < 1.29 is 22.4 Å². The third kappa shape index (κ3) is 3.11. The van der Waals surface area contributed by atoms with Gasteiger partial charge in [-0.1, -0.05) is 6.92 Å². The average molecular weight is 457 g/mol. The molecule has 2 aliphatic rings. The SMILES string of the molecule is CC1(c2nnc(C(=O)N3CCc4[nH]cnc4[C@H]3c3cc4c(C(F)(F)F)cccn4n3)o2)CC1. The fraction of sp³-hybridized carbons (Fsp3) is 0.381. The molecule has 9 nitrogen and oxygen atoms in total. The minimum atomic E-state index is -4.54. The molecule has 170 valence electrons. The zero-order chi connectivity index (χ0) is 23.0. The number of nitrogens with zero attached hydrogens (tertiary/aromatic N) is 6. The van der Waals surface area contributed by atoms with Crippen molar-refractivity contribution in [1.82, 2.24) is 34.7 Å². The van der Waals surface area contributed by atoms with Crippen LogP contribution in [0.2, 0.25) is 0 Å². The Morgan fingerprint density at radius 1 is 1.30 bits per heavy atom. The van der Waals surface area contributed by atoms with Gasteiger partial charge < -0.3 is 14.3 Å². The van der Waals surface area contributed by atoms with Gasteiger partial charge >= 0.3 is 18.0 Å². The molecule has 12 heteroatoms. The van der Waals surface area contributed by atoms with Crippen molar-refractivity contribution in [2.24, 2.45) is 0 Å². The number of H-pyrrole nitrogens is 1. The van der Waals surface area contributed by atoms with Gasteiger partial charge in [-0.2, -0.15) is 18.3 Å². The second-order valence-corrected chi connectivity index (χ2v) is 8.71. The summed E-state index contributed by atoms with van der Waals surface area (Å²) < 4.78 is 47.5. The largest absolute Gasteiger partial charge is 0.418 e. The molecule has 0 spiro atoms. The molecule has 1 N–H and O–H groups in total. The molecule has 0 bridgehead atoms. The molecule has 1 fully saturated rings. The van der Waals surface area contributed by atoms with E-state index in [9.17, 15) is 18.0 Å². The van der Waals surface area contributed by atoms with Crippen LogP contribution in [0.4, 0.5) is 13.2 Å². The van der Waals surface area contributed by atoms with Gasteiger partial charge in [0.15, 0.2) is 0 Å². The number of aromatic amines is 1. The number of halogens is 3. The van der Waals surface area contributed by atoms with Crippen LogP contribution in [-0.2, 0) is 18.0 Å². The van der Waals surface area contributed by atoms with E-state index < -0.39 is 23.7 Å². The van der Waals surface area contributed by atoms with Crippen LogP contribution in [0.15, 0.2) is 35.1 Å². The van der Waals surface area contributed by atoms with Crippen molar-refractivity contribution in [2.75, 3.05) is 6.54 Å². The van der Waals surface area contributed by atoms with Crippen molar-refractivity contribution in [3.8, 4) is 0 Å². The molecule has 5 heterocycles. The Hall–Kier alpha value is -3.70. The summed E-state index contributed by atoms with van der Waals surface area (Å²) in [6.45, 7) is 2.27. The highest BCUT2D eigenvalue weighted by Crippen LogP contribution is 2.47. The molecule has 1 aliphatic carbocycles. The summed E-state index contributed by atoms with van der Waals surface area (Å²) in [4.78, 5) is 22.3. The minimum Gasteiger partial charge on any atom is -0.416 e. The predicted molar refractivity (Wildman–Crippen MR) is 106 cm³/mol. The molecule has 1 saturated carbocycles. The summed E-state index contributed by atoms with van der Waals surface area (Å²) in [7, 11) is 0. The minimum absolute atomic E-state index is 0.100. The van der Waals surface area contributed by atoms with Crippen molar-refractivity contribution in [2.45, 2.75) is 43.8 Å². The Balaban J connectivity index is 1.44. The van der Waals surface area contributed by atoms with E-state index in [0.717, 1.165) is 24.6 Å². The fourth-order valence-electron chi connectivity index (χ4n) is 4.28. The molecule has 0 unspecified atom stereocenters. The van der Waals surface area contributed by atoms with Gasteiger partial charge in [0.2, 0.25) is 5.89 Å². The molecule has 0 aromatic carbocycles. The number of aromatic nitrogens is 6. The van der Waals surface area contributed by atoms with Gasteiger partial charge in [0.05, 0.1) is 28.8 Å². The normalized spacial score (nSPS) is 19.6. The maximum Gasteiger partial charge on any atom is 0.418 e. The highest BCUT2D eigenvalue weighted by molar-refractivity contribution is 5.90. The van der Waals surface area contributed by atoms with Crippen LogP contribution < -0.4 is 0 Å². The Labute approximate surface area is 184 Å². The van der Waals surface area contributed by atoms with Gasteiger partial charge in [0.25, 0.3) is 0 Å². The molecule has 6 rings (SSSR count). The lowest BCUT2D eigenvalue weighted by molar-refractivity contribution is -0.136. The number of nitrogens with one attached hydrogen (secondary N) is 1. The molecule has 1 aliphatic heterocycles. The lowest BCUT2D eigenvalue weighted by atomic mass is 9.99. The Morgan fingerprint density at radius 2 is 2.12 bits per heavy atom. The molecule has 1 atom stereocenters. The first-order valence-electron chi connectivity index (χ1n) is 10.5. The van der Waals surface area contributed by atoms with Gasteiger partial charge in [0, 0.05) is 30.3 Å². The number of carbonyl (C=O) groups excluding carboxylic acids is 1. The van der Waals surface area contributed by atoms with E-state index in [2.05, 4.69) is 25.3 Å². The molecular weight excluding hydrogens is 439 g/mol. The maximum absolute atomic E-state index is 13.5. The van der Waals surface area contributed by atoms with Crippen molar-refractivity contribution >= 4 is 11.4 Å². The molecule has 33 heavy (non-hydrogen) atoms. The molecular formula is C21H18F3N7O2. The van der Waals surface area contributed by atoms with Gasteiger partial charge in [0.1, 0.15) is 6.04 Å². The zero-order valence-corrected chi connectivity index (χ0v) is 17.4. The van der Waals surface area contributed by atoms with Crippen LogP contribution in [0.25, 0.3) is 5.52 Å². The topological polar surface area (TPSA) is 105 Å². The van der Waals surface area contributed by atoms with E-state index in [4.69, 9.17) is 4.42 Å². The number of alkyl halides is 3. The second kappa shape index (κ2) is 6.65. The van der Waals surface area contributed by atoms with E-state index in [1.54, 1.807) is 0 Å². The highest BCUT2D eigenvalue weighted by atomic mass is 19.4. The first-order chi connectivity index (χ1) is 15.7. The molecule has 4 aromatic heterocycles. The van der Waals surface area contributed by atoms with Gasteiger partial charge in [-0.15, -0.1) is 10.2 Å². The van der Waals surface area contributed by atoms with Crippen LogP contribution in [-0.4, -0.2) is 47.1 Å². The highest BCUT2D eigenvalue weighted by Gasteiger charge is 2.45. The van der Waals surface area contributed by atoms with E-state index in [1.165, 1.54) is 34.1 Å². The van der Waals surface area contributed by atoms with Crippen LogP contribution in [0.5, 0.6) is 0 Å². The summed E-state index contributed by atoms with van der Waals surface area (Å²) >= 11 is 0. The van der Waals surface area contributed by atoms with Crippen molar-refractivity contribution in [3.05, 3.63) is 65.1 Å². The number of carbonyl (C=O) groups is 1. The number of pyridine rings is 1. The molecule has 4 aromatic rings. The third-order valence-corrected chi connectivity index (χ3v) is 6.42. The maximum atomic E-state index is 13.5. The summed E-state index contributed by atoms with van der Waals surface area (Å²) in [6, 6.07) is 2.83. The smallest absolute Gasteiger partial charge is 0.416 e. The van der Waals surface area contributed by atoms with Crippen LogP contribution in [0, 0.1) is 0 Å². The van der Waals surface area contributed by atoms with Gasteiger partial charge in [-0.25, -0.2) is 9.50 Å². The van der Waals surface area contributed by atoms with E-state index in [0.29, 0.717) is 18.0 Å². The van der Waals surface area contributed by atoms with E-state index in [1.807, 2.05) is 6.92 Å². The van der Waals surface area contributed by atoms with Crippen molar-refractivity contribution in [3.63, 3.8) is 0 Å². The molecule has 0 radical (unpaired) electrons. The third-order valence-electron chi connectivity index (χ3n) is 6.42. The number of imidazole rings is 1. The summed E-state index contributed by atoms with van der Waals surface area (Å²) in [5.41, 5.74) is 0.490. The number of amides is 1. The number of hydrogen-bond donors (Lipinski definition) is 1. The fourth-order valence-corrected chi connectivity index (χ4v) is 4.28. The first-order valence-corrected chi connectivity index (χ1v) is 10.5. The number of rotatable bonds is 3. The number of fused-ring (bicyclic) bond motifs is 2. The monoisotopic (exact) mass is 457 g/mol. The lowest BCUT2D eigenvalue weighted by Crippen LogP contribution is -2.41. The average Bonchev–Trinajstić information content (AvgIpc) is 3.23. The van der Waals surface area contributed by atoms with Crippen LogP contribution in [0.3, 0.4) is 0 Å². The van der Waals surface area contributed by atoms with Gasteiger partial charge in [-0.3, -0.25) is 4.79 Å². The van der Waals surface area contributed by atoms with Crippen LogP contribution in [0.1, 0.15) is 65.0 Å². The summed E-state index contributed by atoms with van der Waals surface area (Å²) in [5, 5.41) is 12.4. The summed E-state index contributed by atoms with van der Waals surface area (Å²) in [6.07, 6.45) is 0.718. The Morgan fingerprint density at radius 3 is 2.88 bits per heavy atom. The molecule has 0 saturated heterocycles. The number of hydrogen-bond acceptors (Lipinski definition) is 6.